The van der Waals surface area contributed by atoms with Gasteiger partial charge in [-0.3, -0.25) is 0 Å². The van der Waals surface area contributed by atoms with Crippen LogP contribution in [0.3, 0.4) is 0 Å². The number of hydrogen-bond acceptors (Lipinski definition) is 3. The van der Waals surface area contributed by atoms with Gasteiger partial charge in [-0.05, 0) is 18.2 Å². The molecule has 0 atom stereocenters. The van der Waals surface area contributed by atoms with E-state index < -0.39 is 17.7 Å². The fraction of sp³-hybridized carbons (Fsp3) is 0.0714. The van der Waals surface area contributed by atoms with Gasteiger partial charge in [0.2, 0.25) is 0 Å². The van der Waals surface area contributed by atoms with E-state index in [0.29, 0.717) is 0 Å². The summed E-state index contributed by atoms with van der Waals surface area (Å²) in [5.74, 6) is -1.05. The maximum Gasteiger partial charge on any atom is 0.416 e. The van der Waals surface area contributed by atoms with Gasteiger partial charge in [0.05, 0.1) is 16.6 Å². The summed E-state index contributed by atoms with van der Waals surface area (Å²) in [5.41, 5.74) is -0.355. The molecule has 3 rings (SSSR count). The van der Waals surface area contributed by atoms with Crippen LogP contribution in [0.1, 0.15) is 15.9 Å². The Bertz CT molecular complexity index is 871. The number of carbonyl (C=O) groups is 1. The SMILES string of the molecule is O=C(O)c1ccnc2nc(-c3cccc(C(F)(F)F)c3)[nH]c12. The lowest BCUT2D eigenvalue weighted by molar-refractivity contribution is -0.137. The number of H-pyrrole nitrogens is 1. The van der Waals surface area contributed by atoms with Gasteiger partial charge in [0.15, 0.2) is 5.65 Å². The fourth-order valence-electron chi connectivity index (χ4n) is 2.07. The highest BCUT2D eigenvalue weighted by atomic mass is 19.4. The zero-order chi connectivity index (χ0) is 15.9. The van der Waals surface area contributed by atoms with Gasteiger partial charge in [0.25, 0.3) is 0 Å². The normalized spacial score (nSPS) is 11.8. The molecule has 0 unspecified atom stereocenters. The van der Waals surface area contributed by atoms with Gasteiger partial charge in [-0.25, -0.2) is 14.8 Å². The molecule has 0 aliphatic heterocycles. The summed E-state index contributed by atoms with van der Waals surface area (Å²) in [4.78, 5) is 21.8. The molecule has 0 radical (unpaired) electrons. The molecule has 0 fully saturated rings. The number of benzene rings is 1. The van der Waals surface area contributed by atoms with E-state index in [2.05, 4.69) is 15.0 Å². The van der Waals surface area contributed by atoms with Crippen molar-refractivity contribution in [2.75, 3.05) is 0 Å². The Hall–Kier alpha value is -2.90. The zero-order valence-corrected chi connectivity index (χ0v) is 10.8. The number of aromatic nitrogens is 3. The van der Waals surface area contributed by atoms with Crippen molar-refractivity contribution in [2.24, 2.45) is 0 Å². The Kier molecular flexibility index (Phi) is 3.09. The van der Waals surface area contributed by atoms with Crippen molar-refractivity contribution in [1.29, 1.82) is 0 Å². The number of carboxylic acid groups (broad SMARTS) is 1. The van der Waals surface area contributed by atoms with Crippen molar-refractivity contribution in [1.82, 2.24) is 15.0 Å². The van der Waals surface area contributed by atoms with E-state index in [9.17, 15) is 18.0 Å². The minimum atomic E-state index is -4.47. The Labute approximate surface area is 121 Å². The van der Waals surface area contributed by atoms with Crippen LogP contribution in [0.5, 0.6) is 0 Å². The zero-order valence-electron chi connectivity index (χ0n) is 10.8. The average Bonchev–Trinajstić information content (AvgIpc) is 2.90. The lowest BCUT2D eigenvalue weighted by Crippen LogP contribution is -2.04. The summed E-state index contributed by atoms with van der Waals surface area (Å²) in [6.45, 7) is 0. The summed E-state index contributed by atoms with van der Waals surface area (Å²) < 4.78 is 38.2. The second-order valence-electron chi connectivity index (χ2n) is 4.53. The minimum absolute atomic E-state index is 0.0456. The number of halogens is 3. The number of carboxylic acids is 1. The quantitative estimate of drug-likeness (QED) is 0.761. The smallest absolute Gasteiger partial charge is 0.416 e. The lowest BCUT2D eigenvalue weighted by atomic mass is 10.1. The van der Waals surface area contributed by atoms with Crippen LogP contribution in [0.15, 0.2) is 36.5 Å². The molecule has 0 bridgehead atoms. The van der Waals surface area contributed by atoms with Crippen molar-refractivity contribution in [2.45, 2.75) is 6.18 Å². The van der Waals surface area contributed by atoms with E-state index in [-0.39, 0.29) is 28.1 Å². The molecular formula is C14H8F3N3O2. The van der Waals surface area contributed by atoms with Crippen molar-refractivity contribution >= 4 is 17.1 Å². The molecule has 5 nitrogen and oxygen atoms in total. The molecule has 8 heteroatoms. The number of imidazole rings is 1. The predicted molar refractivity (Wildman–Crippen MR) is 71.3 cm³/mol. The summed E-state index contributed by atoms with van der Waals surface area (Å²) >= 11 is 0. The van der Waals surface area contributed by atoms with Crippen molar-refractivity contribution in [3.63, 3.8) is 0 Å². The first-order valence-corrected chi connectivity index (χ1v) is 6.12. The van der Waals surface area contributed by atoms with Crippen molar-refractivity contribution in [3.8, 4) is 11.4 Å². The molecule has 22 heavy (non-hydrogen) atoms. The van der Waals surface area contributed by atoms with Crippen LogP contribution in [-0.4, -0.2) is 26.0 Å². The van der Waals surface area contributed by atoms with Gasteiger partial charge in [0.1, 0.15) is 5.82 Å². The number of nitrogens with one attached hydrogen (secondary N) is 1. The van der Waals surface area contributed by atoms with E-state index in [1.807, 2.05) is 0 Å². The highest BCUT2D eigenvalue weighted by Crippen LogP contribution is 2.32. The molecular weight excluding hydrogens is 299 g/mol. The van der Waals surface area contributed by atoms with Crippen molar-refractivity contribution in [3.05, 3.63) is 47.7 Å². The van der Waals surface area contributed by atoms with Crippen LogP contribution in [0, 0.1) is 0 Å². The Morgan fingerprint density at radius 1 is 1.23 bits per heavy atom. The Morgan fingerprint density at radius 3 is 2.68 bits per heavy atom. The first kappa shape index (κ1) is 14.1. The monoisotopic (exact) mass is 307 g/mol. The number of pyridine rings is 1. The second-order valence-corrected chi connectivity index (χ2v) is 4.53. The number of aromatic amines is 1. The molecule has 2 heterocycles. The molecule has 2 N–H and O–H groups in total. The van der Waals surface area contributed by atoms with Crippen LogP contribution >= 0.6 is 0 Å². The average molecular weight is 307 g/mol. The second kappa shape index (κ2) is 4.83. The fourth-order valence-corrected chi connectivity index (χ4v) is 2.07. The maximum absolute atomic E-state index is 12.7. The summed E-state index contributed by atoms with van der Waals surface area (Å²) in [6.07, 6.45) is -3.19. The van der Waals surface area contributed by atoms with E-state index >= 15 is 0 Å². The molecule has 1 aromatic carbocycles. The molecule has 112 valence electrons. The first-order valence-electron chi connectivity index (χ1n) is 6.12. The molecule has 0 amide bonds. The molecule has 0 spiro atoms. The largest absolute Gasteiger partial charge is 0.478 e. The van der Waals surface area contributed by atoms with Crippen LogP contribution in [-0.2, 0) is 6.18 Å². The number of aromatic carboxylic acids is 1. The number of rotatable bonds is 2. The van der Waals surface area contributed by atoms with E-state index in [4.69, 9.17) is 5.11 Å². The van der Waals surface area contributed by atoms with Gasteiger partial charge in [0, 0.05) is 11.8 Å². The van der Waals surface area contributed by atoms with Gasteiger partial charge in [-0.15, -0.1) is 0 Å². The number of hydrogen-bond donors (Lipinski definition) is 2. The summed E-state index contributed by atoms with van der Waals surface area (Å²) in [5, 5.41) is 9.09. The van der Waals surface area contributed by atoms with Crippen LogP contribution in [0.2, 0.25) is 0 Å². The highest BCUT2D eigenvalue weighted by Gasteiger charge is 2.30. The van der Waals surface area contributed by atoms with Crippen LogP contribution in [0.4, 0.5) is 13.2 Å². The van der Waals surface area contributed by atoms with Gasteiger partial charge in [-0.1, -0.05) is 12.1 Å². The third kappa shape index (κ3) is 2.39. The molecule has 2 aromatic heterocycles. The Morgan fingerprint density at radius 2 is 2.00 bits per heavy atom. The highest BCUT2D eigenvalue weighted by molar-refractivity contribution is 6.00. The third-order valence-electron chi connectivity index (χ3n) is 3.09. The van der Waals surface area contributed by atoms with E-state index in [1.54, 1.807) is 0 Å². The molecule has 0 aliphatic carbocycles. The van der Waals surface area contributed by atoms with Gasteiger partial charge in [-0.2, -0.15) is 13.2 Å². The lowest BCUT2D eigenvalue weighted by Gasteiger charge is -2.07. The summed E-state index contributed by atoms with van der Waals surface area (Å²) in [6, 6.07) is 5.90. The number of nitrogens with zero attached hydrogens (tertiary/aromatic N) is 2. The predicted octanol–water partition coefficient (Wildman–Crippen LogP) is 3.34. The van der Waals surface area contributed by atoms with E-state index in [1.165, 1.54) is 24.4 Å². The van der Waals surface area contributed by atoms with Gasteiger partial charge >= 0.3 is 12.1 Å². The number of alkyl halides is 3. The molecule has 0 saturated heterocycles. The van der Waals surface area contributed by atoms with Crippen LogP contribution in [0.25, 0.3) is 22.6 Å². The van der Waals surface area contributed by atoms with E-state index in [0.717, 1.165) is 12.1 Å². The summed E-state index contributed by atoms with van der Waals surface area (Å²) in [7, 11) is 0. The standard InChI is InChI=1S/C14H8F3N3O2/c15-14(16,17)8-3-1-2-7(6-8)11-19-10-9(13(21)22)4-5-18-12(10)20-11/h1-6H,(H,21,22)(H,18,19,20). The topological polar surface area (TPSA) is 78.9 Å². The van der Waals surface area contributed by atoms with Gasteiger partial charge < -0.3 is 10.1 Å². The number of fused-ring (bicyclic) bond motifs is 1. The van der Waals surface area contributed by atoms with Crippen molar-refractivity contribution < 1.29 is 23.1 Å². The first-order chi connectivity index (χ1) is 10.4. The third-order valence-corrected chi connectivity index (χ3v) is 3.09. The van der Waals surface area contributed by atoms with Crippen LogP contribution < -0.4 is 0 Å². The maximum atomic E-state index is 12.7. The Balaban J connectivity index is 2.15. The molecule has 0 saturated carbocycles. The molecule has 0 aliphatic rings. The minimum Gasteiger partial charge on any atom is -0.478 e. The molecule has 3 aromatic rings.